The maximum atomic E-state index is 13.2. The zero-order valence-corrected chi connectivity index (χ0v) is 21.6. The number of benzene rings is 1. The number of hydrogen-bond acceptors (Lipinski definition) is 5. The topological polar surface area (TPSA) is 99.2 Å². The maximum absolute atomic E-state index is 13.2. The summed E-state index contributed by atoms with van der Waals surface area (Å²) in [5.74, 6) is 0.0277. The van der Waals surface area contributed by atoms with Crippen molar-refractivity contribution < 1.29 is 36.2 Å². The van der Waals surface area contributed by atoms with E-state index in [0.717, 1.165) is 30.7 Å². The number of halogens is 3. The summed E-state index contributed by atoms with van der Waals surface area (Å²) in [7, 11) is -3.94. The van der Waals surface area contributed by atoms with E-state index in [1.54, 1.807) is 0 Å². The van der Waals surface area contributed by atoms with Crippen LogP contribution in [0, 0.1) is 11.8 Å². The van der Waals surface area contributed by atoms with Gasteiger partial charge in [-0.15, -0.1) is 0 Å². The fourth-order valence-electron chi connectivity index (χ4n) is 6.02. The van der Waals surface area contributed by atoms with Crippen molar-refractivity contribution in [3.8, 4) is 0 Å². The van der Waals surface area contributed by atoms with Crippen molar-refractivity contribution in [3.63, 3.8) is 0 Å². The van der Waals surface area contributed by atoms with Gasteiger partial charge in [0.2, 0.25) is 10.0 Å². The Morgan fingerprint density at radius 3 is 2.39 bits per heavy atom. The van der Waals surface area contributed by atoms with E-state index in [0.29, 0.717) is 12.8 Å². The molecule has 1 amide bonds. The lowest BCUT2D eigenvalue weighted by Crippen LogP contribution is -2.58. The number of sulfonamides is 1. The Kier molecular flexibility index (Phi) is 7.13. The molecule has 1 aromatic carbocycles. The third-order valence-corrected chi connectivity index (χ3v) is 9.39. The first-order chi connectivity index (χ1) is 16.6. The Balaban J connectivity index is 1.48. The van der Waals surface area contributed by atoms with Gasteiger partial charge in [-0.05, 0) is 69.7 Å². The highest BCUT2D eigenvalue weighted by atomic mass is 32.2. The summed E-state index contributed by atoms with van der Waals surface area (Å²) >= 11 is 0. The molecule has 0 radical (unpaired) electrons. The molecule has 2 N–H and O–H groups in total. The number of nitrogens with zero attached hydrogens (tertiary/aromatic N) is 2. The second kappa shape index (κ2) is 9.45. The summed E-state index contributed by atoms with van der Waals surface area (Å²) in [4.78, 5) is 13.4. The Labute approximate surface area is 209 Å². The van der Waals surface area contributed by atoms with Crippen LogP contribution in [0.1, 0.15) is 52.5 Å². The molecule has 4 rings (SSSR count). The fraction of sp³-hybridized carbons (Fsp3) is 0.708. The van der Waals surface area contributed by atoms with E-state index in [1.807, 2.05) is 27.7 Å². The first-order valence-electron chi connectivity index (χ1n) is 12.3. The number of nitrogens with one attached hydrogen (secondary N) is 1. The Morgan fingerprint density at radius 2 is 1.86 bits per heavy atom. The molecule has 1 saturated carbocycles. The first-order valence-corrected chi connectivity index (χ1v) is 13.7. The quantitative estimate of drug-likeness (QED) is 0.574. The van der Waals surface area contributed by atoms with Crippen LogP contribution in [0.25, 0.3) is 0 Å². The van der Waals surface area contributed by atoms with Crippen LogP contribution in [0.15, 0.2) is 29.2 Å². The van der Waals surface area contributed by atoms with Crippen LogP contribution in [0.4, 0.5) is 18.0 Å². The molecule has 0 spiro atoms. The van der Waals surface area contributed by atoms with Gasteiger partial charge in [0, 0.05) is 24.7 Å². The molecule has 2 heterocycles. The molecule has 0 aromatic heterocycles. The maximum Gasteiger partial charge on any atom is 0.416 e. The highest BCUT2D eigenvalue weighted by Gasteiger charge is 2.56. The molecule has 6 atom stereocenters. The number of amides is 1. The monoisotopic (exact) mass is 533 g/mol. The zero-order valence-electron chi connectivity index (χ0n) is 20.8. The molecule has 1 aliphatic carbocycles. The van der Waals surface area contributed by atoms with Gasteiger partial charge in [0.05, 0.1) is 22.6 Å². The van der Waals surface area contributed by atoms with E-state index >= 15 is 0 Å². The SMILES string of the molecule is CCCC(C1NC2C(C[C@H]3CN(S(=O)(=O)c4ccc(C(F)(F)F)cc4)CC23)O1)N(C(=O)O)C(C)(C)C. The minimum atomic E-state index is -4.54. The average molecular weight is 534 g/mol. The van der Waals surface area contributed by atoms with Gasteiger partial charge in [0.25, 0.3) is 0 Å². The van der Waals surface area contributed by atoms with Gasteiger partial charge < -0.3 is 9.84 Å². The predicted molar refractivity (Wildman–Crippen MR) is 126 cm³/mol. The van der Waals surface area contributed by atoms with Crippen molar-refractivity contribution in [2.75, 3.05) is 13.1 Å². The van der Waals surface area contributed by atoms with E-state index < -0.39 is 45.7 Å². The third-order valence-electron chi connectivity index (χ3n) is 7.55. The summed E-state index contributed by atoms with van der Waals surface area (Å²) in [5.41, 5.74) is -1.52. The van der Waals surface area contributed by atoms with E-state index in [1.165, 1.54) is 9.21 Å². The summed E-state index contributed by atoms with van der Waals surface area (Å²) < 4.78 is 72.7. The molecule has 36 heavy (non-hydrogen) atoms. The Morgan fingerprint density at radius 1 is 1.22 bits per heavy atom. The number of carbonyl (C=O) groups is 1. The molecule has 1 aromatic rings. The molecule has 3 fully saturated rings. The predicted octanol–water partition coefficient (Wildman–Crippen LogP) is 3.98. The minimum Gasteiger partial charge on any atom is -0.465 e. The van der Waals surface area contributed by atoms with Crippen molar-refractivity contribution in [2.45, 2.75) is 88.0 Å². The summed E-state index contributed by atoms with van der Waals surface area (Å²) in [6.07, 6.45) is -4.18. The van der Waals surface area contributed by atoms with Gasteiger partial charge in [0.1, 0.15) is 6.23 Å². The van der Waals surface area contributed by atoms with Crippen LogP contribution in [0.5, 0.6) is 0 Å². The van der Waals surface area contributed by atoms with Crippen molar-refractivity contribution >= 4 is 16.1 Å². The van der Waals surface area contributed by atoms with Gasteiger partial charge >= 0.3 is 12.3 Å². The van der Waals surface area contributed by atoms with Crippen molar-refractivity contribution in [1.82, 2.24) is 14.5 Å². The first kappa shape index (κ1) is 27.2. The molecular weight excluding hydrogens is 499 g/mol. The van der Waals surface area contributed by atoms with Gasteiger partial charge in [-0.2, -0.15) is 17.5 Å². The second-order valence-electron chi connectivity index (χ2n) is 11.0. The molecule has 2 saturated heterocycles. The number of hydrogen-bond donors (Lipinski definition) is 2. The van der Waals surface area contributed by atoms with E-state index in [-0.39, 0.29) is 42.0 Å². The molecule has 12 heteroatoms. The molecule has 8 nitrogen and oxygen atoms in total. The number of fused-ring (bicyclic) bond motifs is 3. The van der Waals surface area contributed by atoms with Gasteiger partial charge in [0.15, 0.2) is 0 Å². The average Bonchev–Trinajstić information content (AvgIpc) is 3.42. The number of rotatable bonds is 6. The molecule has 5 unspecified atom stereocenters. The Hall–Kier alpha value is -1.89. The highest BCUT2D eigenvalue weighted by molar-refractivity contribution is 7.89. The van der Waals surface area contributed by atoms with E-state index in [2.05, 4.69) is 5.32 Å². The second-order valence-corrected chi connectivity index (χ2v) is 12.9. The van der Waals surface area contributed by atoms with Gasteiger partial charge in [-0.3, -0.25) is 10.2 Å². The molecule has 3 aliphatic rings. The van der Waals surface area contributed by atoms with Crippen LogP contribution >= 0.6 is 0 Å². The zero-order chi connectivity index (χ0) is 26.6. The van der Waals surface area contributed by atoms with Crippen molar-refractivity contribution in [1.29, 1.82) is 0 Å². The molecule has 0 bridgehead atoms. The lowest BCUT2D eigenvalue weighted by molar-refractivity contribution is -0.137. The van der Waals surface area contributed by atoms with Crippen LogP contribution < -0.4 is 5.32 Å². The minimum absolute atomic E-state index is 0.0283. The summed E-state index contributed by atoms with van der Waals surface area (Å²) in [6, 6.07) is 3.06. The van der Waals surface area contributed by atoms with Crippen LogP contribution in [-0.2, 0) is 20.9 Å². The fourth-order valence-corrected chi connectivity index (χ4v) is 7.56. The highest BCUT2D eigenvalue weighted by Crippen LogP contribution is 2.45. The lowest BCUT2D eigenvalue weighted by atomic mass is 9.96. The summed E-state index contributed by atoms with van der Waals surface area (Å²) in [6.45, 7) is 8.03. The summed E-state index contributed by atoms with van der Waals surface area (Å²) in [5, 5.41) is 13.4. The smallest absolute Gasteiger partial charge is 0.416 e. The van der Waals surface area contributed by atoms with E-state index in [9.17, 15) is 31.5 Å². The third kappa shape index (κ3) is 4.97. The number of carboxylic acid groups (broad SMARTS) is 1. The largest absolute Gasteiger partial charge is 0.465 e. The van der Waals surface area contributed by atoms with Gasteiger partial charge in [-0.25, -0.2) is 13.2 Å². The van der Waals surface area contributed by atoms with Crippen LogP contribution in [0.2, 0.25) is 0 Å². The standard InChI is InChI=1S/C24H34F3N3O5S/c1-5-6-18(30(22(31)32)23(2,3)4)21-28-20-17-13-29(12-14(17)11-19(20)35-21)36(33,34)16-9-7-15(8-10-16)24(25,26)27/h7-10,14,17-21,28H,5-6,11-13H2,1-4H3,(H,31,32)/t14-,17?,18?,19?,20?,21?/m0/s1. The number of alkyl halides is 3. The van der Waals surface area contributed by atoms with Crippen molar-refractivity contribution in [2.24, 2.45) is 11.8 Å². The molecular formula is C24H34F3N3O5S. The number of ether oxygens (including phenoxy) is 1. The molecule has 202 valence electrons. The van der Waals surface area contributed by atoms with Crippen LogP contribution in [-0.4, -0.2) is 71.9 Å². The normalized spacial score (nSPS) is 29.7. The van der Waals surface area contributed by atoms with Crippen molar-refractivity contribution in [3.05, 3.63) is 29.8 Å². The van der Waals surface area contributed by atoms with E-state index in [4.69, 9.17) is 4.74 Å². The van der Waals surface area contributed by atoms with Crippen LogP contribution in [0.3, 0.4) is 0 Å². The van der Waals surface area contributed by atoms with Gasteiger partial charge in [-0.1, -0.05) is 13.3 Å². The lowest BCUT2D eigenvalue weighted by Gasteiger charge is -2.42. The Bertz CT molecular complexity index is 1070. The molecule has 2 aliphatic heterocycles.